The Hall–Kier alpha value is -2.44. The van der Waals surface area contributed by atoms with Gasteiger partial charge >= 0.3 is 0 Å². The molecule has 0 spiro atoms. The van der Waals surface area contributed by atoms with E-state index in [1.807, 2.05) is 6.92 Å². The number of nitrogens with zero attached hydrogens (tertiary/aromatic N) is 3. The third-order valence-electron chi connectivity index (χ3n) is 2.67. The first-order valence-electron chi connectivity index (χ1n) is 5.74. The number of nitro benzene ring substituents is 1. The lowest BCUT2D eigenvalue weighted by Crippen LogP contribution is -1.98. The number of aryl methyl sites for hydroxylation is 2. The summed E-state index contributed by atoms with van der Waals surface area (Å²) >= 11 is 0. The maximum absolute atomic E-state index is 13.0. The Morgan fingerprint density at radius 1 is 1.47 bits per heavy atom. The Balaban J connectivity index is 2.40. The van der Waals surface area contributed by atoms with Gasteiger partial charge in [-0.15, -0.1) is 0 Å². The van der Waals surface area contributed by atoms with E-state index in [0.29, 0.717) is 12.1 Å². The lowest BCUT2D eigenvalue weighted by Gasteiger charge is -2.06. The maximum atomic E-state index is 13.0. The van der Waals surface area contributed by atoms with Gasteiger partial charge in [0.25, 0.3) is 5.69 Å². The fourth-order valence-corrected chi connectivity index (χ4v) is 1.81. The molecule has 0 aliphatic heterocycles. The highest BCUT2D eigenvalue weighted by molar-refractivity contribution is 5.70. The highest BCUT2D eigenvalue weighted by Crippen LogP contribution is 2.29. The number of benzene rings is 1. The SMILES string of the molecule is CCc1nn(C)cc1Nc1ccc(F)cc1[N+](=O)[O-]. The van der Waals surface area contributed by atoms with E-state index >= 15 is 0 Å². The smallest absolute Gasteiger partial charge is 0.295 e. The van der Waals surface area contributed by atoms with Gasteiger partial charge in [0.1, 0.15) is 11.5 Å². The average Bonchev–Trinajstić information content (AvgIpc) is 2.71. The molecule has 0 saturated carbocycles. The number of anilines is 2. The van der Waals surface area contributed by atoms with Crippen molar-refractivity contribution in [3.8, 4) is 0 Å². The van der Waals surface area contributed by atoms with Crippen molar-refractivity contribution >= 4 is 17.1 Å². The molecule has 19 heavy (non-hydrogen) atoms. The number of nitrogens with one attached hydrogen (secondary N) is 1. The van der Waals surface area contributed by atoms with Gasteiger partial charge in [-0.3, -0.25) is 14.8 Å². The van der Waals surface area contributed by atoms with Gasteiger partial charge in [-0.05, 0) is 18.6 Å². The van der Waals surface area contributed by atoms with Crippen molar-refractivity contribution in [3.05, 3.63) is 46.0 Å². The van der Waals surface area contributed by atoms with E-state index in [9.17, 15) is 14.5 Å². The first kappa shape index (κ1) is 13.0. The average molecular weight is 264 g/mol. The lowest BCUT2D eigenvalue weighted by molar-refractivity contribution is -0.384. The van der Waals surface area contributed by atoms with Crippen LogP contribution in [0.15, 0.2) is 24.4 Å². The van der Waals surface area contributed by atoms with Crippen molar-refractivity contribution in [1.29, 1.82) is 0 Å². The third kappa shape index (κ3) is 2.70. The van der Waals surface area contributed by atoms with Crippen LogP contribution in [0.1, 0.15) is 12.6 Å². The Labute approximate surface area is 109 Å². The predicted molar refractivity (Wildman–Crippen MR) is 68.9 cm³/mol. The van der Waals surface area contributed by atoms with Crippen LogP contribution >= 0.6 is 0 Å². The molecule has 0 fully saturated rings. The molecule has 0 radical (unpaired) electrons. The molecule has 2 aromatic rings. The minimum Gasteiger partial charge on any atom is -0.347 e. The predicted octanol–water partition coefficient (Wildman–Crippen LogP) is 2.77. The molecule has 1 N–H and O–H groups in total. The molecule has 2 rings (SSSR count). The summed E-state index contributed by atoms with van der Waals surface area (Å²) < 4.78 is 14.7. The van der Waals surface area contributed by atoms with Crippen molar-refractivity contribution in [2.45, 2.75) is 13.3 Å². The monoisotopic (exact) mass is 264 g/mol. The molecule has 6 nitrogen and oxygen atoms in total. The molecule has 0 aliphatic rings. The van der Waals surface area contributed by atoms with Crippen LogP contribution in [0.2, 0.25) is 0 Å². The van der Waals surface area contributed by atoms with E-state index < -0.39 is 10.7 Å². The lowest BCUT2D eigenvalue weighted by atomic mass is 10.2. The molecule has 0 bridgehead atoms. The second-order valence-corrected chi connectivity index (χ2v) is 4.06. The zero-order valence-electron chi connectivity index (χ0n) is 10.6. The van der Waals surface area contributed by atoms with Crippen LogP contribution in [0.25, 0.3) is 0 Å². The first-order valence-corrected chi connectivity index (χ1v) is 5.74. The maximum Gasteiger partial charge on any atom is 0.295 e. The van der Waals surface area contributed by atoms with Gasteiger partial charge in [-0.25, -0.2) is 4.39 Å². The quantitative estimate of drug-likeness (QED) is 0.680. The van der Waals surface area contributed by atoms with E-state index in [4.69, 9.17) is 0 Å². The number of nitro groups is 1. The number of hydrogen-bond acceptors (Lipinski definition) is 4. The van der Waals surface area contributed by atoms with E-state index in [1.54, 1.807) is 17.9 Å². The molecule has 0 saturated heterocycles. The molecular weight excluding hydrogens is 251 g/mol. The van der Waals surface area contributed by atoms with Gasteiger partial charge in [-0.1, -0.05) is 6.92 Å². The standard InChI is InChI=1S/C12H13FN4O2/c1-3-9-11(7-16(2)15-9)14-10-5-4-8(13)6-12(10)17(18)19/h4-7,14H,3H2,1-2H3. The van der Waals surface area contributed by atoms with Crippen LogP contribution in [0.5, 0.6) is 0 Å². The molecular formula is C12H13FN4O2. The third-order valence-corrected chi connectivity index (χ3v) is 2.67. The van der Waals surface area contributed by atoms with Crippen molar-refractivity contribution in [2.24, 2.45) is 7.05 Å². The highest BCUT2D eigenvalue weighted by atomic mass is 19.1. The molecule has 1 aromatic carbocycles. The largest absolute Gasteiger partial charge is 0.347 e. The molecule has 0 unspecified atom stereocenters. The van der Waals surface area contributed by atoms with Crippen LogP contribution in [-0.2, 0) is 13.5 Å². The fourth-order valence-electron chi connectivity index (χ4n) is 1.81. The normalized spacial score (nSPS) is 10.5. The number of aromatic nitrogens is 2. The van der Waals surface area contributed by atoms with Crippen LogP contribution in [-0.4, -0.2) is 14.7 Å². The topological polar surface area (TPSA) is 73.0 Å². The van der Waals surface area contributed by atoms with Gasteiger partial charge in [0.15, 0.2) is 0 Å². The fraction of sp³-hybridized carbons (Fsp3) is 0.250. The molecule has 0 aliphatic carbocycles. The minimum absolute atomic E-state index is 0.245. The summed E-state index contributed by atoms with van der Waals surface area (Å²) in [6.45, 7) is 1.94. The number of rotatable bonds is 4. The summed E-state index contributed by atoms with van der Waals surface area (Å²) in [6, 6.07) is 3.42. The molecule has 1 aromatic heterocycles. The van der Waals surface area contributed by atoms with Gasteiger partial charge in [0, 0.05) is 13.2 Å². The van der Waals surface area contributed by atoms with Crippen LogP contribution in [0.4, 0.5) is 21.5 Å². The molecule has 100 valence electrons. The number of hydrogen-bond donors (Lipinski definition) is 1. The molecule has 7 heteroatoms. The molecule has 0 amide bonds. The summed E-state index contributed by atoms with van der Waals surface area (Å²) in [5, 5.41) is 18.1. The summed E-state index contributed by atoms with van der Waals surface area (Å²) in [5.74, 6) is -0.640. The van der Waals surface area contributed by atoms with E-state index in [0.717, 1.165) is 11.8 Å². The summed E-state index contributed by atoms with van der Waals surface area (Å²) in [6.07, 6.45) is 2.42. The summed E-state index contributed by atoms with van der Waals surface area (Å²) in [7, 11) is 1.77. The Bertz CT molecular complexity index is 624. The van der Waals surface area contributed by atoms with Crippen molar-refractivity contribution in [3.63, 3.8) is 0 Å². The minimum atomic E-state index is -0.640. The number of halogens is 1. The second kappa shape index (κ2) is 5.05. The molecule has 0 atom stereocenters. The molecule has 1 heterocycles. The van der Waals surface area contributed by atoms with Crippen LogP contribution in [0, 0.1) is 15.9 Å². The summed E-state index contributed by atoms with van der Waals surface area (Å²) in [5.41, 5.74) is 1.42. The van der Waals surface area contributed by atoms with Gasteiger partial charge in [0.05, 0.1) is 22.4 Å². The second-order valence-electron chi connectivity index (χ2n) is 4.06. The van der Waals surface area contributed by atoms with Gasteiger partial charge in [-0.2, -0.15) is 5.10 Å². The highest BCUT2D eigenvalue weighted by Gasteiger charge is 2.16. The van der Waals surface area contributed by atoms with Crippen molar-refractivity contribution in [1.82, 2.24) is 9.78 Å². The van der Waals surface area contributed by atoms with Crippen molar-refractivity contribution in [2.75, 3.05) is 5.32 Å². The van der Waals surface area contributed by atoms with Gasteiger partial charge in [0.2, 0.25) is 0 Å². The summed E-state index contributed by atoms with van der Waals surface area (Å²) in [4.78, 5) is 10.3. The Morgan fingerprint density at radius 2 is 2.21 bits per heavy atom. The van der Waals surface area contributed by atoms with E-state index in [2.05, 4.69) is 10.4 Å². The van der Waals surface area contributed by atoms with Crippen molar-refractivity contribution < 1.29 is 9.31 Å². The first-order chi connectivity index (χ1) is 9.01. The zero-order valence-corrected chi connectivity index (χ0v) is 10.6. The van der Waals surface area contributed by atoms with Gasteiger partial charge < -0.3 is 5.32 Å². The zero-order chi connectivity index (χ0) is 14.0. The van der Waals surface area contributed by atoms with Crippen LogP contribution in [0.3, 0.4) is 0 Å². The van der Waals surface area contributed by atoms with Crippen LogP contribution < -0.4 is 5.32 Å². The Kier molecular flexibility index (Phi) is 3.46. The Morgan fingerprint density at radius 3 is 2.84 bits per heavy atom. The van der Waals surface area contributed by atoms with E-state index in [-0.39, 0.29) is 11.4 Å². The van der Waals surface area contributed by atoms with E-state index in [1.165, 1.54) is 12.1 Å².